The first-order chi connectivity index (χ1) is 7.30. The molecule has 1 rings (SSSR count). The number of aliphatic carboxylic acids is 1. The highest BCUT2D eigenvalue weighted by Gasteiger charge is 2.46. The van der Waals surface area contributed by atoms with Crippen molar-refractivity contribution in [2.75, 3.05) is 7.11 Å². The van der Waals surface area contributed by atoms with E-state index in [0.717, 1.165) is 7.11 Å². The number of carboxylic acids is 1. The number of rotatable bonds is 3. The number of ether oxygens (including phenoxy) is 1. The Morgan fingerprint density at radius 1 is 1.38 bits per heavy atom. The van der Waals surface area contributed by atoms with Gasteiger partial charge in [0.25, 0.3) is 0 Å². The molecule has 0 aliphatic carbocycles. The minimum Gasteiger partial charge on any atom is -0.496 e. The van der Waals surface area contributed by atoms with Crippen LogP contribution >= 0.6 is 0 Å². The number of benzene rings is 1. The fraction of sp³-hybridized carbons (Fsp3) is 0.222. The molecule has 1 N–H and O–H groups in total. The Labute approximate surface area is 87.3 Å². The van der Waals surface area contributed by atoms with E-state index >= 15 is 0 Å². The maximum absolute atomic E-state index is 13.1. The molecule has 88 valence electrons. The van der Waals surface area contributed by atoms with Gasteiger partial charge in [-0.2, -0.15) is 8.78 Å². The first kappa shape index (κ1) is 12.3. The first-order valence-electron chi connectivity index (χ1n) is 3.95. The number of halogens is 4. The van der Waals surface area contributed by atoms with E-state index in [1.54, 1.807) is 0 Å². The lowest BCUT2D eigenvalue weighted by molar-refractivity contribution is -0.167. The second-order valence-electron chi connectivity index (χ2n) is 2.84. The van der Waals surface area contributed by atoms with Gasteiger partial charge < -0.3 is 9.84 Å². The van der Waals surface area contributed by atoms with Crippen LogP contribution in [0.5, 0.6) is 5.75 Å². The normalized spacial score (nSPS) is 11.3. The summed E-state index contributed by atoms with van der Waals surface area (Å²) >= 11 is 0. The highest BCUT2D eigenvalue weighted by Crippen LogP contribution is 2.37. The first-order valence-corrected chi connectivity index (χ1v) is 3.95. The van der Waals surface area contributed by atoms with Gasteiger partial charge in [-0.1, -0.05) is 0 Å². The number of carbonyl (C=O) groups is 1. The van der Waals surface area contributed by atoms with Crippen LogP contribution in [0.2, 0.25) is 0 Å². The largest absolute Gasteiger partial charge is 0.496 e. The Hall–Kier alpha value is -1.79. The molecule has 0 fully saturated rings. The summed E-state index contributed by atoms with van der Waals surface area (Å²) < 4.78 is 56.2. The van der Waals surface area contributed by atoms with Crippen LogP contribution < -0.4 is 4.74 Å². The van der Waals surface area contributed by atoms with Crippen molar-refractivity contribution in [2.45, 2.75) is 5.92 Å². The van der Waals surface area contributed by atoms with Crippen molar-refractivity contribution in [3.63, 3.8) is 0 Å². The quantitative estimate of drug-likeness (QED) is 0.820. The maximum atomic E-state index is 13.1. The molecule has 7 heteroatoms. The van der Waals surface area contributed by atoms with Crippen LogP contribution in [0.4, 0.5) is 17.6 Å². The number of alkyl halides is 2. The molecule has 0 atom stereocenters. The van der Waals surface area contributed by atoms with E-state index in [-0.39, 0.29) is 6.07 Å². The zero-order chi connectivity index (χ0) is 12.5. The lowest BCUT2D eigenvalue weighted by Crippen LogP contribution is -2.27. The Balaban J connectivity index is 3.49. The second-order valence-corrected chi connectivity index (χ2v) is 2.84. The third-order valence-electron chi connectivity index (χ3n) is 1.82. The van der Waals surface area contributed by atoms with E-state index in [1.165, 1.54) is 0 Å². The van der Waals surface area contributed by atoms with E-state index in [4.69, 9.17) is 5.11 Å². The lowest BCUT2D eigenvalue weighted by atomic mass is 10.1. The number of hydrogen-bond acceptors (Lipinski definition) is 2. The van der Waals surface area contributed by atoms with E-state index in [0.29, 0.717) is 6.07 Å². The molecular weight excluding hydrogens is 232 g/mol. The smallest absolute Gasteiger partial charge is 0.379 e. The van der Waals surface area contributed by atoms with E-state index < -0.39 is 34.8 Å². The van der Waals surface area contributed by atoms with Gasteiger partial charge in [0.05, 0.1) is 7.11 Å². The van der Waals surface area contributed by atoms with Gasteiger partial charge in [-0.25, -0.2) is 13.6 Å². The molecule has 1 aromatic rings. The number of carboxylic acid groups (broad SMARTS) is 1. The highest BCUT2D eigenvalue weighted by molar-refractivity contribution is 5.78. The number of hydrogen-bond donors (Lipinski definition) is 1. The minimum atomic E-state index is -4.48. The molecule has 0 spiro atoms. The van der Waals surface area contributed by atoms with Gasteiger partial charge in [0.2, 0.25) is 0 Å². The minimum absolute atomic E-state index is 0.161. The predicted molar refractivity (Wildman–Crippen MR) is 44.4 cm³/mol. The predicted octanol–water partition coefficient (Wildman–Crippen LogP) is 2.15. The average Bonchev–Trinajstić information content (AvgIpc) is 2.15. The highest BCUT2D eigenvalue weighted by atomic mass is 19.3. The Kier molecular flexibility index (Phi) is 3.06. The monoisotopic (exact) mass is 238 g/mol. The van der Waals surface area contributed by atoms with Gasteiger partial charge in [-0.3, -0.25) is 0 Å². The van der Waals surface area contributed by atoms with Crippen molar-refractivity contribution in [3.8, 4) is 5.75 Å². The second kappa shape index (κ2) is 3.99. The van der Waals surface area contributed by atoms with E-state index in [9.17, 15) is 22.4 Å². The van der Waals surface area contributed by atoms with E-state index in [2.05, 4.69) is 4.74 Å². The fourth-order valence-corrected chi connectivity index (χ4v) is 1.12. The molecule has 0 aliphatic rings. The molecule has 16 heavy (non-hydrogen) atoms. The van der Waals surface area contributed by atoms with E-state index in [1.807, 2.05) is 0 Å². The summed E-state index contributed by atoms with van der Waals surface area (Å²) in [6.45, 7) is 0. The van der Waals surface area contributed by atoms with Crippen molar-refractivity contribution < 1.29 is 32.2 Å². The van der Waals surface area contributed by atoms with Crippen LogP contribution in [0.15, 0.2) is 12.1 Å². The van der Waals surface area contributed by atoms with Crippen molar-refractivity contribution in [3.05, 3.63) is 29.3 Å². The summed E-state index contributed by atoms with van der Waals surface area (Å²) in [6.07, 6.45) is 0. The molecule has 0 unspecified atom stereocenters. The molecule has 1 aromatic carbocycles. The molecular formula is C9H6F4O3. The summed E-state index contributed by atoms with van der Waals surface area (Å²) in [7, 11) is 0.898. The third kappa shape index (κ3) is 1.93. The zero-order valence-corrected chi connectivity index (χ0v) is 7.93. The van der Waals surface area contributed by atoms with Crippen LogP contribution in [0, 0.1) is 11.6 Å². The molecule has 0 saturated carbocycles. The number of methoxy groups -OCH3 is 1. The Bertz CT molecular complexity index is 431. The average molecular weight is 238 g/mol. The summed E-state index contributed by atoms with van der Waals surface area (Å²) in [4.78, 5) is 10.3. The van der Waals surface area contributed by atoms with Crippen molar-refractivity contribution in [1.82, 2.24) is 0 Å². The van der Waals surface area contributed by atoms with Gasteiger partial charge in [0.1, 0.15) is 22.9 Å². The summed E-state index contributed by atoms with van der Waals surface area (Å²) in [5, 5.41) is 8.24. The van der Waals surface area contributed by atoms with Crippen molar-refractivity contribution in [1.29, 1.82) is 0 Å². The van der Waals surface area contributed by atoms with Crippen LogP contribution in [-0.4, -0.2) is 18.2 Å². The Morgan fingerprint density at radius 3 is 2.38 bits per heavy atom. The van der Waals surface area contributed by atoms with Crippen LogP contribution in [-0.2, 0) is 10.7 Å². The molecule has 0 aromatic heterocycles. The fourth-order valence-electron chi connectivity index (χ4n) is 1.12. The van der Waals surface area contributed by atoms with Crippen molar-refractivity contribution >= 4 is 5.97 Å². The molecule has 0 radical (unpaired) electrons. The SMILES string of the molecule is COc1cc(F)cc(F)c1C(F)(F)C(=O)O. The lowest BCUT2D eigenvalue weighted by Gasteiger charge is -2.15. The topological polar surface area (TPSA) is 46.5 Å². The van der Waals surface area contributed by atoms with Crippen LogP contribution in [0.3, 0.4) is 0 Å². The molecule has 0 amide bonds. The standard InChI is InChI=1S/C9H6F4O3/c1-16-6-3-4(10)2-5(11)7(6)9(12,13)8(14)15/h2-3H,1H3,(H,14,15). The van der Waals surface area contributed by atoms with Crippen LogP contribution in [0.25, 0.3) is 0 Å². The zero-order valence-electron chi connectivity index (χ0n) is 7.93. The van der Waals surface area contributed by atoms with Crippen LogP contribution in [0.1, 0.15) is 5.56 Å². The van der Waals surface area contributed by atoms with Gasteiger partial charge in [0.15, 0.2) is 0 Å². The van der Waals surface area contributed by atoms with Gasteiger partial charge in [0, 0.05) is 12.1 Å². The van der Waals surface area contributed by atoms with Gasteiger partial charge in [-0.05, 0) is 0 Å². The van der Waals surface area contributed by atoms with Gasteiger partial charge >= 0.3 is 11.9 Å². The summed E-state index contributed by atoms with van der Waals surface area (Å²) in [5.41, 5.74) is -1.50. The molecule has 0 saturated heterocycles. The van der Waals surface area contributed by atoms with Crippen molar-refractivity contribution in [2.24, 2.45) is 0 Å². The molecule has 3 nitrogen and oxygen atoms in total. The summed E-state index contributed by atoms with van der Waals surface area (Å²) in [5.74, 6) is -10.7. The molecule has 0 bridgehead atoms. The summed E-state index contributed by atoms with van der Waals surface area (Å²) in [6, 6.07) is 0.643. The third-order valence-corrected chi connectivity index (χ3v) is 1.82. The molecule has 0 heterocycles. The molecule has 0 aliphatic heterocycles. The maximum Gasteiger partial charge on any atom is 0.379 e. The Morgan fingerprint density at radius 2 is 1.94 bits per heavy atom. The van der Waals surface area contributed by atoms with Gasteiger partial charge in [-0.15, -0.1) is 0 Å².